The molecule has 68 heavy (non-hydrogen) atoms. The average Bonchev–Trinajstić information content (AvgIpc) is 3.94. The molecule has 13 aromatic rings. The molecule has 0 N–H and O–H groups in total. The lowest BCUT2D eigenvalue weighted by Gasteiger charge is -2.09. The molecule has 0 amide bonds. The second-order valence-electron chi connectivity index (χ2n) is 17.4. The summed E-state index contributed by atoms with van der Waals surface area (Å²) in [6.45, 7) is 0. The van der Waals surface area contributed by atoms with Gasteiger partial charge in [0.2, 0.25) is 17.1 Å². The first kappa shape index (κ1) is 39.2. The fraction of sp³-hybridized carbons (Fsp3) is 0. The van der Waals surface area contributed by atoms with Gasteiger partial charge in [0.15, 0.2) is 0 Å². The Labute approximate surface area is 394 Å². The molecule has 0 atom stereocenters. The predicted octanol–water partition coefficient (Wildman–Crippen LogP) is 13.7. The van der Waals surface area contributed by atoms with Crippen LogP contribution in [-0.4, -0.2) is 9.13 Å². The van der Waals surface area contributed by atoms with Crippen molar-refractivity contribution in [1.29, 1.82) is 0 Å². The summed E-state index contributed by atoms with van der Waals surface area (Å²) in [7, 11) is 0. The number of fused-ring (bicyclic) bond motifs is 6. The topological polar surface area (TPSA) is 21.5 Å². The van der Waals surface area contributed by atoms with Crippen LogP contribution in [0.25, 0.3) is 105 Å². The Balaban J connectivity index is 0.914. The van der Waals surface area contributed by atoms with Gasteiger partial charge < -0.3 is 9.13 Å². The number of aromatic nitrogens is 5. The van der Waals surface area contributed by atoms with Crippen LogP contribution >= 0.6 is 0 Å². The second-order valence-corrected chi connectivity index (χ2v) is 17.4. The molecule has 3 heterocycles. The quantitative estimate of drug-likeness (QED) is 0.136. The molecule has 5 nitrogen and oxygen atoms in total. The summed E-state index contributed by atoms with van der Waals surface area (Å²) in [6.07, 6.45) is 6.48. The van der Waals surface area contributed by atoms with Crippen LogP contribution in [0, 0.1) is 0 Å². The first-order chi connectivity index (χ1) is 33.7. The third-order valence-corrected chi connectivity index (χ3v) is 13.4. The summed E-state index contributed by atoms with van der Waals surface area (Å²) in [6, 6.07) is 89.6. The molecule has 0 radical (unpaired) electrons. The highest BCUT2D eigenvalue weighted by Crippen LogP contribution is 2.38. The molecule has 0 unspecified atom stereocenters. The Bertz CT molecular complexity index is 3880. The van der Waals surface area contributed by atoms with Crippen molar-refractivity contribution in [3.8, 4) is 61.8 Å². The van der Waals surface area contributed by atoms with Gasteiger partial charge in [0.1, 0.15) is 0 Å². The van der Waals surface area contributed by atoms with Crippen LogP contribution in [0.3, 0.4) is 0 Å². The lowest BCUT2D eigenvalue weighted by Crippen LogP contribution is -2.55. The van der Waals surface area contributed by atoms with Crippen molar-refractivity contribution in [2.45, 2.75) is 0 Å². The fourth-order valence-corrected chi connectivity index (χ4v) is 10.0. The standard InChI is InChI=1S/C63H44N5/c1-4-15-45(16-5-1)47-27-33-51(34-28-47)64-42-65(52-35-29-48(30-36-52)46-17-6-2-7-18-46)44-66(43-64)54-21-14-22-55(41-54)68-61-26-13-11-24-57(61)59-40-50(32-38-63(59)68)49-31-37-62-58(39-49)56-23-10-12-25-60(56)67(62)53-19-8-3-9-20-53/h1-44H/q+3. The van der Waals surface area contributed by atoms with E-state index in [2.05, 4.69) is 291 Å². The zero-order valence-corrected chi connectivity index (χ0v) is 37.1. The minimum absolute atomic E-state index is 1.04. The molecule has 318 valence electrons. The van der Waals surface area contributed by atoms with Crippen molar-refractivity contribution in [2.75, 3.05) is 0 Å². The summed E-state index contributed by atoms with van der Waals surface area (Å²) in [5.74, 6) is 0. The first-order valence-electron chi connectivity index (χ1n) is 23.1. The van der Waals surface area contributed by atoms with Gasteiger partial charge in [-0.3, -0.25) is 0 Å². The first-order valence-corrected chi connectivity index (χ1v) is 23.1. The maximum atomic E-state index is 2.41. The van der Waals surface area contributed by atoms with E-state index in [1.54, 1.807) is 0 Å². The van der Waals surface area contributed by atoms with Crippen LogP contribution in [-0.2, 0) is 0 Å². The average molecular weight is 871 g/mol. The Morgan fingerprint density at radius 2 is 0.588 bits per heavy atom. The Morgan fingerprint density at radius 1 is 0.221 bits per heavy atom. The van der Waals surface area contributed by atoms with E-state index < -0.39 is 0 Å². The molecule has 0 saturated heterocycles. The highest BCUT2D eigenvalue weighted by molar-refractivity contribution is 6.12. The van der Waals surface area contributed by atoms with Crippen molar-refractivity contribution < 1.29 is 13.7 Å². The molecule has 0 spiro atoms. The number of hydrogen-bond donors (Lipinski definition) is 0. The van der Waals surface area contributed by atoms with E-state index in [0.29, 0.717) is 0 Å². The van der Waals surface area contributed by atoms with Gasteiger partial charge in [-0.25, -0.2) is 0 Å². The lowest BCUT2D eigenvalue weighted by atomic mass is 10.0. The van der Waals surface area contributed by atoms with Crippen LogP contribution < -0.4 is 13.7 Å². The maximum absolute atomic E-state index is 2.41. The number of hydrogen-bond acceptors (Lipinski definition) is 0. The van der Waals surface area contributed by atoms with Gasteiger partial charge in [0, 0.05) is 63.6 Å². The van der Waals surface area contributed by atoms with Crippen LogP contribution in [0.15, 0.2) is 268 Å². The Morgan fingerprint density at radius 3 is 1.09 bits per heavy atom. The van der Waals surface area contributed by atoms with Crippen LogP contribution in [0.2, 0.25) is 0 Å². The van der Waals surface area contributed by atoms with Gasteiger partial charge in [-0.1, -0.05) is 147 Å². The number of nitrogens with zero attached hydrogens (tertiary/aromatic N) is 5. The highest BCUT2D eigenvalue weighted by Gasteiger charge is 2.26. The Hall–Kier alpha value is -9.19. The smallest absolute Gasteiger partial charge is 0.309 e. The molecule has 0 aliphatic rings. The van der Waals surface area contributed by atoms with E-state index in [9.17, 15) is 0 Å². The number of benzene rings is 10. The summed E-state index contributed by atoms with van der Waals surface area (Å²) in [5.41, 5.74) is 17.3. The van der Waals surface area contributed by atoms with E-state index >= 15 is 0 Å². The van der Waals surface area contributed by atoms with Crippen LogP contribution in [0.5, 0.6) is 0 Å². The summed E-state index contributed by atoms with van der Waals surface area (Å²) in [4.78, 5) is 0. The van der Waals surface area contributed by atoms with Crippen molar-refractivity contribution in [1.82, 2.24) is 9.13 Å². The van der Waals surface area contributed by atoms with Gasteiger partial charge >= 0.3 is 19.0 Å². The third kappa shape index (κ3) is 6.84. The monoisotopic (exact) mass is 870 g/mol. The zero-order chi connectivity index (χ0) is 45.0. The van der Waals surface area contributed by atoms with Gasteiger partial charge in [-0.2, -0.15) is 0 Å². The van der Waals surface area contributed by atoms with Crippen LogP contribution in [0.1, 0.15) is 0 Å². The maximum Gasteiger partial charge on any atom is 0.428 e. The van der Waals surface area contributed by atoms with Crippen LogP contribution in [0.4, 0.5) is 0 Å². The molecule has 10 aromatic carbocycles. The van der Waals surface area contributed by atoms with Crippen molar-refractivity contribution in [3.63, 3.8) is 0 Å². The van der Waals surface area contributed by atoms with Gasteiger partial charge in [-0.15, -0.1) is 0 Å². The zero-order valence-electron chi connectivity index (χ0n) is 37.1. The molecule has 5 heteroatoms. The minimum atomic E-state index is 1.04. The summed E-state index contributed by atoms with van der Waals surface area (Å²) in [5, 5.41) is 4.93. The molecular weight excluding hydrogens is 827 g/mol. The summed E-state index contributed by atoms with van der Waals surface area (Å²) >= 11 is 0. The molecular formula is C63H44N5+3. The minimum Gasteiger partial charge on any atom is -0.309 e. The largest absolute Gasteiger partial charge is 0.428 e. The number of rotatable bonds is 8. The molecule has 0 aliphatic carbocycles. The molecule has 0 bridgehead atoms. The summed E-state index contributed by atoms with van der Waals surface area (Å²) < 4.78 is 11.4. The van der Waals surface area contributed by atoms with E-state index in [-0.39, 0.29) is 0 Å². The molecule has 0 saturated carbocycles. The fourth-order valence-electron chi connectivity index (χ4n) is 10.0. The SMILES string of the molecule is c1ccc(-c2ccc(-[n+]3c[n+](-c4ccc(-c5ccccc5)cc4)c[n+](-c4cccc(-n5c6ccccc6c6cc(-c7ccc8c(c7)c7ccccc7n8-c7ccccc7)ccc65)c4)c3)cc2)cc1. The second kappa shape index (κ2) is 16.4. The van der Waals surface area contributed by atoms with Gasteiger partial charge in [0.25, 0.3) is 0 Å². The third-order valence-electron chi connectivity index (χ3n) is 13.4. The highest BCUT2D eigenvalue weighted by atomic mass is 15.2. The van der Waals surface area contributed by atoms with E-state index in [0.717, 1.165) is 34.0 Å². The molecule has 13 rings (SSSR count). The molecule has 0 fully saturated rings. The normalized spacial score (nSPS) is 11.5. The molecule has 0 aliphatic heterocycles. The van der Waals surface area contributed by atoms with Gasteiger partial charge in [0.05, 0.1) is 27.8 Å². The van der Waals surface area contributed by atoms with Crippen molar-refractivity contribution in [3.05, 3.63) is 268 Å². The van der Waals surface area contributed by atoms with E-state index in [1.165, 1.54) is 71.5 Å². The van der Waals surface area contributed by atoms with Crippen molar-refractivity contribution >= 4 is 43.6 Å². The predicted molar refractivity (Wildman–Crippen MR) is 276 cm³/mol. The van der Waals surface area contributed by atoms with Gasteiger partial charge in [-0.05, 0) is 112 Å². The number of para-hydroxylation sites is 3. The van der Waals surface area contributed by atoms with E-state index in [4.69, 9.17) is 0 Å². The molecule has 3 aromatic heterocycles. The van der Waals surface area contributed by atoms with E-state index in [1.807, 2.05) is 0 Å². The lowest BCUT2D eigenvalue weighted by molar-refractivity contribution is -0.858. The Kier molecular flexibility index (Phi) is 9.43. The van der Waals surface area contributed by atoms with Crippen molar-refractivity contribution in [2.24, 2.45) is 0 Å².